The highest BCUT2D eigenvalue weighted by molar-refractivity contribution is 7.12. The van der Waals surface area contributed by atoms with Crippen molar-refractivity contribution < 1.29 is 14.6 Å². The van der Waals surface area contributed by atoms with Gasteiger partial charge < -0.3 is 9.84 Å². The molecule has 2 atom stereocenters. The van der Waals surface area contributed by atoms with Gasteiger partial charge in [0.25, 0.3) is 0 Å². The highest BCUT2D eigenvalue weighted by Gasteiger charge is 2.46. The van der Waals surface area contributed by atoms with Crippen LogP contribution in [0.2, 0.25) is 0 Å². The fourth-order valence-corrected chi connectivity index (χ4v) is 5.24. The molecule has 0 aliphatic carbocycles. The second-order valence-electron chi connectivity index (χ2n) is 6.35. The first kappa shape index (κ1) is 16.0. The van der Waals surface area contributed by atoms with Crippen LogP contribution in [0.4, 0.5) is 0 Å². The zero-order chi connectivity index (χ0) is 16.7. The molecular formula is C18H19NO3S2. The minimum Gasteiger partial charge on any atom is -0.460 e. The number of hydrogen-bond donors (Lipinski definition) is 1. The van der Waals surface area contributed by atoms with Crippen molar-refractivity contribution >= 4 is 28.6 Å². The van der Waals surface area contributed by atoms with E-state index in [2.05, 4.69) is 24.1 Å². The van der Waals surface area contributed by atoms with Crippen LogP contribution in [0.15, 0.2) is 47.2 Å². The summed E-state index contributed by atoms with van der Waals surface area (Å²) in [6, 6.07) is 7.88. The Hall–Kier alpha value is -1.47. The maximum atomic E-state index is 13.0. The second-order valence-corrected chi connectivity index (χ2v) is 8.24. The van der Waals surface area contributed by atoms with Gasteiger partial charge in [0, 0.05) is 24.9 Å². The molecule has 0 spiro atoms. The van der Waals surface area contributed by atoms with Crippen molar-refractivity contribution in [3.63, 3.8) is 0 Å². The maximum Gasteiger partial charge on any atom is 0.349 e. The van der Waals surface area contributed by atoms with Gasteiger partial charge in [-0.05, 0) is 29.9 Å². The van der Waals surface area contributed by atoms with E-state index < -0.39 is 11.6 Å². The Labute approximate surface area is 149 Å². The fraction of sp³-hybridized carbons (Fsp3) is 0.389. The number of likely N-dealkylation sites (N-methyl/N-ethyl adjacent to an activating group) is 1. The predicted octanol–water partition coefficient (Wildman–Crippen LogP) is 2.99. The Balaban J connectivity index is 1.57. The lowest BCUT2D eigenvalue weighted by molar-refractivity contribution is -0.170. The molecule has 4 rings (SSSR count). The maximum absolute atomic E-state index is 13.0. The molecule has 6 heteroatoms. The van der Waals surface area contributed by atoms with Gasteiger partial charge in [-0.2, -0.15) is 0 Å². The van der Waals surface area contributed by atoms with Crippen LogP contribution < -0.4 is 0 Å². The molecule has 24 heavy (non-hydrogen) atoms. The van der Waals surface area contributed by atoms with Crippen LogP contribution in [-0.2, 0) is 15.1 Å². The van der Waals surface area contributed by atoms with Gasteiger partial charge in [0.1, 0.15) is 6.10 Å². The number of piperidine rings is 1. The molecule has 0 aromatic carbocycles. The Bertz CT molecular complexity index is 688. The quantitative estimate of drug-likeness (QED) is 0.672. The number of esters is 1. The Morgan fingerprint density at radius 2 is 1.71 bits per heavy atom. The first-order chi connectivity index (χ1) is 11.6. The molecule has 0 radical (unpaired) electrons. The van der Waals surface area contributed by atoms with Gasteiger partial charge in [0.05, 0.1) is 9.75 Å². The summed E-state index contributed by atoms with van der Waals surface area (Å²) in [4.78, 5) is 16.5. The van der Waals surface area contributed by atoms with E-state index in [1.54, 1.807) is 12.1 Å². The highest BCUT2D eigenvalue weighted by Crippen LogP contribution is 2.38. The van der Waals surface area contributed by atoms with Crippen molar-refractivity contribution in [1.82, 2.24) is 4.90 Å². The third kappa shape index (κ3) is 2.54. The summed E-state index contributed by atoms with van der Waals surface area (Å²) in [5.74, 6) is -0.568. The van der Waals surface area contributed by atoms with E-state index in [1.165, 1.54) is 22.7 Å². The molecule has 2 bridgehead atoms. The topological polar surface area (TPSA) is 49.8 Å². The summed E-state index contributed by atoms with van der Waals surface area (Å²) >= 11 is 2.74. The van der Waals surface area contributed by atoms with E-state index in [9.17, 15) is 9.90 Å². The number of carbonyl (C=O) groups excluding carboxylic acids is 1. The normalized spacial score (nSPS) is 26.7. The van der Waals surface area contributed by atoms with Crippen molar-refractivity contribution in [2.75, 3.05) is 7.05 Å². The van der Waals surface area contributed by atoms with Gasteiger partial charge in [0.15, 0.2) is 0 Å². The van der Waals surface area contributed by atoms with Gasteiger partial charge in [-0.15, -0.1) is 22.7 Å². The van der Waals surface area contributed by atoms with Crippen LogP contribution >= 0.6 is 22.7 Å². The molecule has 2 aliphatic heterocycles. The average molecular weight is 361 g/mol. The Kier molecular flexibility index (Phi) is 4.08. The number of nitrogens with zero attached hydrogens (tertiary/aromatic N) is 1. The predicted molar refractivity (Wildman–Crippen MR) is 95.2 cm³/mol. The van der Waals surface area contributed by atoms with E-state index in [0.29, 0.717) is 21.8 Å². The molecule has 2 aromatic heterocycles. The molecule has 2 aromatic rings. The summed E-state index contributed by atoms with van der Waals surface area (Å²) in [6.45, 7) is 0. The molecule has 4 nitrogen and oxygen atoms in total. The SMILES string of the molecule is CN1C2C=CC1CC(OC(=O)C(O)(c1cccs1)c1cccs1)C2. The molecule has 1 N–H and O–H groups in total. The first-order valence-electron chi connectivity index (χ1n) is 8.00. The molecule has 4 heterocycles. The molecule has 0 amide bonds. The zero-order valence-corrected chi connectivity index (χ0v) is 14.9. The van der Waals surface area contributed by atoms with Crippen molar-refractivity contribution in [1.29, 1.82) is 0 Å². The number of ether oxygens (including phenoxy) is 1. The van der Waals surface area contributed by atoms with Gasteiger partial charge in [-0.3, -0.25) is 4.90 Å². The number of aliphatic hydroxyl groups is 1. The smallest absolute Gasteiger partial charge is 0.349 e. The number of thiophene rings is 2. The van der Waals surface area contributed by atoms with Gasteiger partial charge in [-0.25, -0.2) is 4.79 Å². The van der Waals surface area contributed by atoms with Crippen molar-refractivity contribution in [2.24, 2.45) is 0 Å². The molecule has 1 fully saturated rings. The Morgan fingerprint density at radius 3 is 2.17 bits per heavy atom. The van der Waals surface area contributed by atoms with Crippen LogP contribution in [0.1, 0.15) is 22.6 Å². The van der Waals surface area contributed by atoms with Gasteiger partial charge in [-0.1, -0.05) is 24.3 Å². The molecular weight excluding hydrogens is 342 g/mol. The van der Waals surface area contributed by atoms with Gasteiger partial charge in [0.2, 0.25) is 5.60 Å². The minimum absolute atomic E-state index is 0.162. The van der Waals surface area contributed by atoms with Crippen LogP contribution in [0.3, 0.4) is 0 Å². The highest BCUT2D eigenvalue weighted by atomic mass is 32.1. The lowest BCUT2D eigenvalue weighted by Gasteiger charge is -2.37. The van der Waals surface area contributed by atoms with Crippen LogP contribution in [0.25, 0.3) is 0 Å². The summed E-state index contributed by atoms with van der Waals surface area (Å²) in [7, 11) is 2.10. The van der Waals surface area contributed by atoms with Crippen LogP contribution in [-0.4, -0.2) is 41.2 Å². The van der Waals surface area contributed by atoms with Crippen LogP contribution in [0.5, 0.6) is 0 Å². The largest absolute Gasteiger partial charge is 0.460 e. The van der Waals surface area contributed by atoms with Crippen molar-refractivity contribution in [2.45, 2.75) is 36.6 Å². The molecule has 2 unspecified atom stereocenters. The summed E-state index contributed by atoms with van der Waals surface area (Å²) in [5, 5.41) is 15.0. The molecule has 1 saturated heterocycles. The summed E-state index contributed by atoms with van der Waals surface area (Å²) in [5.41, 5.74) is -1.71. The number of fused-ring (bicyclic) bond motifs is 2. The number of hydrogen-bond acceptors (Lipinski definition) is 6. The van der Waals surface area contributed by atoms with E-state index in [-0.39, 0.29) is 6.10 Å². The fourth-order valence-electron chi connectivity index (χ4n) is 3.52. The van der Waals surface area contributed by atoms with Gasteiger partial charge >= 0.3 is 5.97 Å². The number of rotatable bonds is 4. The lowest BCUT2D eigenvalue weighted by atomic mass is 9.97. The van der Waals surface area contributed by atoms with Crippen molar-refractivity contribution in [3.8, 4) is 0 Å². The Morgan fingerprint density at radius 1 is 1.17 bits per heavy atom. The van der Waals surface area contributed by atoms with E-state index in [4.69, 9.17) is 4.74 Å². The average Bonchev–Trinajstić information content (AvgIpc) is 3.30. The van der Waals surface area contributed by atoms with Crippen molar-refractivity contribution in [3.05, 3.63) is 56.9 Å². The molecule has 2 aliphatic rings. The van der Waals surface area contributed by atoms with Crippen LogP contribution in [0, 0.1) is 0 Å². The molecule has 126 valence electrons. The first-order valence-corrected chi connectivity index (χ1v) is 9.76. The lowest BCUT2D eigenvalue weighted by Crippen LogP contribution is -2.46. The summed E-state index contributed by atoms with van der Waals surface area (Å²) in [6.07, 6.45) is 5.76. The van der Waals surface area contributed by atoms with E-state index >= 15 is 0 Å². The van der Waals surface area contributed by atoms with E-state index in [0.717, 1.165) is 12.8 Å². The van der Waals surface area contributed by atoms with E-state index in [1.807, 2.05) is 22.9 Å². The standard InChI is InChI=1S/C18H19NO3S2/c1-19-12-6-7-13(19)11-14(10-12)22-17(20)18(21,15-4-2-8-23-15)16-5-3-9-24-16/h2-9,12-14,21H,10-11H2,1H3. The summed E-state index contributed by atoms with van der Waals surface area (Å²) < 4.78 is 5.79. The monoisotopic (exact) mass is 361 g/mol. The minimum atomic E-state index is -1.71. The third-order valence-corrected chi connectivity index (χ3v) is 6.89. The third-order valence-electron chi connectivity index (χ3n) is 4.94. The zero-order valence-electron chi connectivity index (χ0n) is 13.3. The second kappa shape index (κ2) is 6.11. The molecule has 0 saturated carbocycles. The number of carbonyl (C=O) groups is 1.